The van der Waals surface area contributed by atoms with Crippen LogP contribution in [0.2, 0.25) is 0 Å². The van der Waals surface area contributed by atoms with Crippen LogP contribution in [0.4, 0.5) is 5.69 Å². The van der Waals surface area contributed by atoms with Gasteiger partial charge in [-0.05, 0) is 30.5 Å². The Bertz CT molecular complexity index is 582. The third kappa shape index (κ3) is 4.02. The zero-order chi connectivity index (χ0) is 14.8. The molecule has 1 aromatic carbocycles. The van der Waals surface area contributed by atoms with Gasteiger partial charge in [0.05, 0.1) is 10.9 Å². The van der Waals surface area contributed by atoms with Gasteiger partial charge in [0.15, 0.2) is 0 Å². The quantitative estimate of drug-likeness (QED) is 0.749. The first-order valence-corrected chi connectivity index (χ1v) is 7.37. The first-order chi connectivity index (χ1) is 8.62. The van der Waals surface area contributed by atoms with Gasteiger partial charge in [-0.3, -0.25) is 4.79 Å². The van der Waals surface area contributed by atoms with E-state index in [2.05, 4.69) is 5.32 Å². The summed E-state index contributed by atoms with van der Waals surface area (Å²) in [4.78, 5) is 11.8. The maximum atomic E-state index is 11.9. The van der Waals surface area contributed by atoms with E-state index in [1.807, 2.05) is 13.8 Å². The maximum absolute atomic E-state index is 11.9. The van der Waals surface area contributed by atoms with Crippen LogP contribution in [0.3, 0.4) is 0 Å². The molecule has 0 unspecified atom stereocenters. The van der Waals surface area contributed by atoms with Crippen molar-refractivity contribution in [3.05, 3.63) is 23.8 Å². The summed E-state index contributed by atoms with van der Waals surface area (Å²) in [6.07, 6.45) is 0. The Morgan fingerprint density at radius 2 is 1.89 bits per heavy atom. The zero-order valence-electron chi connectivity index (χ0n) is 11.2. The smallest absolute Gasteiger partial charge is 0.241 e. The predicted molar refractivity (Wildman–Crippen MR) is 74.0 cm³/mol. The highest BCUT2D eigenvalue weighted by Crippen LogP contribution is 2.19. The number of carbonyl (C=O) groups excluding carboxylic acids is 1. The van der Waals surface area contributed by atoms with Crippen molar-refractivity contribution in [1.82, 2.24) is 0 Å². The second-order valence-corrected chi connectivity index (χ2v) is 6.34. The van der Waals surface area contributed by atoms with E-state index in [1.54, 1.807) is 13.0 Å². The molecule has 0 aromatic heterocycles. The molecule has 0 heterocycles. The third-order valence-corrected chi connectivity index (χ3v) is 3.73. The number of hydrogen-bond donors (Lipinski definition) is 3. The number of carbonyl (C=O) groups is 1. The Kier molecular flexibility index (Phi) is 4.67. The fraction of sp³-hybridized carbons (Fsp3) is 0.417. The van der Waals surface area contributed by atoms with E-state index in [-0.39, 0.29) is 16.7 Å². The molecule has 1 rings (SSSR count). The molecular formula is C12H19N3O3S. The summed E-state index contributed by atoms with van der Waals surface area (Å²) in [5.41, 5.74) is 6.86. The van der Waals surface area contributed by atoms with Crippen LogP contribution in [0.1, 0.15) is 19.4 Å². The van der Waals surface area contributed by atoms with Crippen molar-refractivity contribution >= 4 is 21.6 Å². The van der Waals surface area contributed by atoms with Crippen molar-refractivity contribution in [2.75, 3.05) is 5.32 Å². The first-order valence-electron chi connectivity index (χ1n) is 5.83. The standard InChI is InChI=1S/C12H19N3O3S/c1-7(2)11(13)12(16)15-10-6-9(19(14,17)18)5-4-8(10)3/h4-7,11H,13H2,1-3H3,(H,15,16)(H2,14,17,18)/t11-/m1/s1. The average molecular weight is 285 g/mol. The molecule has 7 heteroatoms. The summed E-state index contributed by atoms with van der Waals surface area (Å²) in [6, 6.07) is 3.65. The van der Waals surface area contributed by atoms with E-state index >= 15 is 0 Å². The number of hydrogen-bond acceptors (Lipinski definition) is 4. The number of rotatable bonds is 4. The summed E-state index contributed by atoms with van der Waals surface area (Å²) in [7, 11) is -3.80. The molecule has 0 aliphatic carbocycles. The van der Waals surface area contributed by atoms with Crippen molar-refractivity contribution in [1.29, 1.82) is 0 Å². The number of sulfonamides is 1. The van der Waals surface area contributed by atoms with E-state index in [9.17, 15) is 13.2 Å². The fourth-order valence-corrected chi connectivity index (χ4v) is 1.97. The lowest BCUT2D eigenvalue weighted by Crippen LogP contribution is -2.39. The number of aryl methyl sites for hydroxylation is 1. The Hall–Kier alpha value is -1.44. The van der Waals surface area contributed by atoms with Gasteiger partial charge >= 0.3 is 0 Å². The summed E-state index contributed by atoms with van der Waals surface area (Å²) in [6.45, 7) is 5.42. The molecule has 0 spiro atoms. The van der Waals surface area contributed by atoms with Crippen LogP contribution >= 0.6 is 0 Å². The molecule has 0 aliphatic heterocycles. The summed E-state index contributed by atoms with van der Waals surface area (Å²) >= 11 is 0. The van der Waals surface area contributed by atoms with Gasteiger partial charge < -0.3 is 11.1 Å². The Balaban J connectivity index is 3.05. The zero-order valence-corrected chi connectivity index (χ0v) is 12.0. The van der Waals surface area contributed by atoms with E-state index in [1.165, 1.54) is 12.1 Å². The maximum Gasteiger partial charge on any atom is 0.241 e. The number of anilines is 1. The molecule has 1 aromatic rings. The molecule has 0 fully saturated rings. The van der Waals surface area contributed by atoms with Crippen molar-refractivity contribution < 1.29 is 13.2 Å². The van der Waals surface area contributed by atoms with Gasteiger partial charge in [-0.2, -0.15) is 0 Å². The number of benzene rings is 1. The van der Waals surface area contributed by atoms with Gasteiger partial charge in [-0.1, -0.05) is 19.9 Å². The van der Waals surface area contributed by atoms with E-state index in [0.717, 1.165) is 5.56 Å². The summed E-state index contributed by atoms with van der Waals surface area (Å²) in [5, 5.41) is 7.67. The van der Waals surface area contributed by atoms with E-state index in [4.69, 9.17) is 10.9 Å². The number of primary sulfonamides is 1. The van der Waals surface area contributed by atoms with Gasteiger partial charge in [0, 0.05) is 5.69 Å². The Morgan fingerprint density at radius 1 is 1.32 bits per heavy atom. The summed E-state index contributed by atoms with van der Waals surface area (Å²) < 4.78 is 22.5. The molecule has 1 amide bonds. The number of nitrogens with one attached hydrogen (secondary N) is 1. The molecule has 1 atom stereocenters. The van der Waals surface area contributed by atoms with Crippen LogP contribution in [0, 0.1) is 12.8 Å². The van der Waals surface area contributed by atoms with E-state index in [0.29, 0.717) is 5.69 Å². The molecule has 0 saturated carbocycles. The molecule has 0 aliphatic rings. The second-order valence-electron chi connectivity index (χ2n) is 4.78. The molecule has 19 heavy (non-hydrogen) atoms. The highest BCUT2D eigenvalue weighted by molar-refractivity contribution is 7.89. The molecular weight excluding hydrogens is 266 g/mol. The Labute approximate surface area is 113 Å². The molecule has 0 bridgehead atoms. The molecule has 106 valence electrons. The van der Waals surface area contributed by atoms with Crippen molar-refractivity contribution in [3.8, 4) is 0 Å². The number of nitrogens with two attached hydrogens (primary N) is 2. The van der Waals surface area contributed by atoms with Crippen molar-refractivity contribution in [3.63, 3.8) is 0 Å². The lowest BCUT2D eigenvalue weighted by molar-refractivity contribution is -0.118. The van der Waals surface area contributed by atoms with Gasteiger partial charge in [0.1, 0.15) is 0 Å². The van der Waals surface area contributed by atoms with Gasteiger partial charge in [0.2, 0.25) is 15.9 Å². The average Bonchev–Trinajstić information content (AvgIpc) is 2.29. The van der Waals surface area contributed by atoms with Gasteiger partial charge in [0.25, 0.3) is 0 Å². The van der Waals surface area contributed by atoms with Crippen molar-refractivity contribution in [2.45, 2.75) is 31.7 Å². The largest absolute Gasteiger partial charge is 0.324 e. The van der Waals surface area contributed by atoms with Crippen LogP contribution in [-0.4, -0.2) is 20.4 Å². The highest BCUT2D eigenvalue weighted by atomic mass is 32.2. The fourth-order valence-electron chi connectivity index (χ4n) is 1.43. The molecule has 5 N–H and O–H groups in total. The van der Waals surface area contributed by atoms with Crippen LogP contribution in [0.15, 0.2) is 23.1 Å². The third-order valence-electron chi connectivity index (χ3n) is 2.82. The predicted octanol–water partition coefficient (Wildman–Crippen LogP) is 0.564. The molecule has 6 nitrogen and oxygen atoms in total. The van der Waals surface area contributed by atoms with Crippen molar-refractivity contribution in [2.24, 2.45) is 16.8 Å². The van der Waals surface area contributed by atoms with Gasteiger partial charge in [-0.15, -0.1) is 0 Å². The SMILES string of the molecule is Cc1ccc(S(N)(=O)=O)cc1NC(=O)[C@H](N)C(C)C. The Morgan fingerprint density at radius 3 is 2.37 bits per heavy atom. The second kappa shape index (κ2) is 5.68. The van der Waals surface area contributed by atoms with Crippen LogP contribution < -0.4 is 16.2 Å². The van der Waals surface area contributed by atoms with Gasteiger partial charge in [-0.25, -0.2) is 13.6 Å². The van der Waals surface area contributed by atoms with Crippen LogP contribution in [0.5, 0.6) is 0 Å². The minimum atomic E-state index is -3.80. The van der Waals surface area contributed by atoms with Crippen LogP contribution in [0.25, 0.3) is 0 Å². The topological polar surface area (TPSA) is 115 Å². The number of amides is 1. The molecule has 0 radical (unpaired) electrons. The first kappa shape index (κ1) is 15.6. The summed E-state index contributed by atoms with van der Waals surface area (Å²) in [5.74, 6) is -0.369. The minimum absolute atomic E-state index is 0.0123. The van der Waals surface area contributed by atoms with E-state index < -0.39 is 16.1 Å². The normalized spacial score (nSPS) is 13.4. The minimum Gasteiger partial charge on any atom is -0.324 e. The molecule has 0 saturated heterocycles. The monoisotopic (exact) mass is 285 g/mol. The lowest BCUT2D eigenvalue weighted by atomic mass is 10.0. The lowest BCUT2D eigenvalue weighted by Gasteiger charge is -2.16. The van der Waals surface area contributed by atoms with Crippen LogP contribution in [-0.2, 0) is 14.8 Å². The highest BCUT2D eigenvalue weighted by Gasteiger charge is 2.18.